The molecule has 0 saturated heterocycles. The molecule has 0 aliphatic heterocycles. The number of hydrogen-bond donors (Lipinski definition) is 1. The third-order valence-electron chi connectivity index (χ3n) is 4.78. The Morgan fingerprint density at radius 3 is 2.61 bits per heavy atom. The molecule has 2 aromatic carbocycles. The summed E-state index contributed by atoms with van der Waals surface area (Å²) in [5, 5.41) is 2.94. The number of rotatable bonds is 7. The first kappa shape index (κ1) is 19.7. The Hall–Kier alpha value is -3.01. The Balaban J connectivity index is 1.78. The molecule has 144 valence electrons. The van der Waals surface area contributed by atoms with Gasteiger partial charge in [0.2, 0.25) is 0 Å². The zero-order valence-corrected chi connectivity index (χ0v) is 16.3. The third-order valence-corrected chi connectivity index (χ3v) is 4.78. The highest BCUT2D eigenvalue weighted by atomic mass is 19.1. The standard InChI is InChI=1S/C24H25FN2O/c1-3-11-27-24(28)23-9-5-7-20(17(23)2)16-22-15-19(10-12-26-22)13-18-6-4-8-21(25)14-18/h4-10,12,14-15H,3,11,13,16H2,1-2H3,(H,27,28). The van der Waals surface area contributed by atoms with Gasteiger partial charge in [0.25, 0.3) is 5.91 Å². The van der Waals surface area contributed by atoms with Crippen LogP contribution >= 0.6 is 0 Å². The van der Waals surface area contributed by atoms with E-state index in [-0.39, 0.29) is 11.7 Å². The van der Waals surface area contributed by atoms with E-state index in [9.17, 15) is 9.18 Å². The van der Waals surface area contributed by atoms with Gasteiger partial charge in [0.05, 0.1) is 0 Å². The van der Waals surface area contributed by atoms with E-state index in [0.29, 0.717) is 24.9 Å². The van der Waals surface area contributed by atoms with Crippen LogP contribution in [0.15, 0.2) is 60.8 Å². The Kier molecular flexibility index (Phi) is 6.53. The van der Waals surface area contributed by atoms with Gasteiger partial charge in [-0.15, -0.1) is 0 Å². The fraction of sp³-hybridized carbons (Fsp3) is 0.250. The lowest BCUT2D eigenvalue weighted by Gasteiger charge is -2.12. The number of aromatic nitrogens is 1. The van der Waals surface area contributed by atoms with Crippen LogP contribution in [0.25, 0.3) is 0 Å². The van der Waals surface area contributed by atoms with Crippen LogP contribution < -0.4 is 5.32 Å². The first-order chi connectivity index (χ1) is 13.6. The van der Waals surface area contributed by atoms with Crippen molar-refractivity contribution in [3.8, 4) is 0 Å². The highest BCUT2D eigenvalue weighted by Crippen LogP contribution is 2.18. The first-order valence-electron chi connectivity index (χ1n) is 9.61. The number of carbonyl (C=O) groups is 1. The lowest BCUT2D eigenvalue weighted by Crippen LogP contribution is -2.25. The van der Waals surface area contributed by atoms with E-state index in [4.69, 9.17) is 0 Å². The molecule has 3 aromatic rings. The fourth-order valence-corrected chi connectivity index (χ4v) is 3.27. The summed E-state index contributed by atoms with van der Waals surface area (Å²) < 4.78 is 13.4. The molecule has 0 unspecified atom stereocenters. The second-order valence-electron chi connectivity index (χ2n) is 6.98. The minimum atomic E-state index is -0.222. The van der Waals surface area contributed by atoms with Crippen molar-refractivity contribution >= 4 is 5.91 Å². The Morgan fingerprint density at radius 2 is 1.82 bits per heavy atom. The van der Waals surface area contributed by atoms with E-state index in [1.807, 2.05) is 50.2 Å². The quantitative estimate of drug-likeness (QED) is 0.640. The summed E-state index contributed by atoms with van der Waals surface area (Å²) in [5.74, 6) is -0.255. The Bertz CT molecular complexity index is 968. The number of nitrogens with zero attached hydrogens (tertiary/aromatic N) is 1. The molecule has 0 fully saturated rings. The number of carbonyl (C=O) groups excluding carboxylic acids is 1. The third kappa shape index (κ3) is 5.03. The normalized spacial score (nSPS) is 10.7. The summed E-state index contributed by atoms with van der Waals surface area (Å²) in [4.78, 5) is 16.8. The van der Waals surface area contributed by atoms with Gasteiger partial charge in [0.1, 0.15) is 5.82 Å². The van der Waals surface area contributed by atoms with Crippen LogP contribution in [0, 0.1) is 12.7 Å². The van der Waals surface area contributed by atoms with Crippen LogP contribution in [0.5, 0.6) is 0 Å². The number of hydrogen-bond acceptors (Lipinski definition) is 2. The predicted octanol–water partition coefficient (Wildman–Crippen LogP) is 4.85. The Labute approximate surface area is 165 Å². The maximum Gasteiger partial charge on any atom is 0.251 e. The number of pyridine rings is 1. The second kappa shape index (κ2) is 9.27. The van der Waals surface area contributed by atoms with Gasteiger partial charge in [0.15, 0.2) is 0 Å². The summed E-state index contributed by atoms with van der Waals surface area (Å²) in [7, 11) is 0. The number of benzene rings is 2. The van der Waals surface area contributed by atoms with Gasteiger partial charge in [-0.25, -0.2) is 4.39 Å². The summed E-state index contributed by atoms with van der Waals surface area (Å²) in [6.45, 7) is 4.69. The molecular formula is C24H25FN2O. The minimum absolute atomic E-state index is 0.0333. The number of amides is 1. The van der Waals surface area contributed by atoms with Crippen molar-refractivity contribution in [2.45, 2.75) is 33.1 Å². The van der Waals surface area contributed by atoms with Gasteiger partial charge >= 0.3 is 0 Å². The molecule has 0 atom stereocenters. The first-order valence-corrected chi connectivity index (χ1v) is 9.61. The predicted molar refractivity (Wildman–Crippen MR) is 110 cm³/mol. The van der Waals surface area contributed by atoms with Gasteiger partial charge in [0, 0.05) is 30.4 Å². The molecule has 0 aliphatic carbocycles. The second-order valence-corrected chi connectivity index (χ2v) is 6.98. The molecular weight excluding hydrogens is 351 g/mol. The van der Waals surface area contributed by atoms with E-state index >= 15 is 0 Å². The average Bonchev–Trinajstić information content (AvgIpc) is 2.68. The zero-order valence-electron chi connectivity index (χ0n) is 16.3. The van der Waals surface area contributed by atoms with Crippen molar-refractivity contribution in [3.05, 3.63) is 100 Å². The smallest absolute Gasteiger partial charge is 0.251 e. The van der Waals surface area contributed by atoms with Crippen LogP contribution in [-0.4, -0.2) is 17.4 Å². The van der Waals surface area contributed by atoms with E-state index in [0.717, 1.165) is 34.4 Å². The summed E-state index contributed by atoms with van der Waals surface area (Å²) >= 11 is 0. The van der Waals surface area contributed by atoms with Crippen molar-refractivity contribution in [2.75, 3.05) is 6.54 Å². The summed E-state index contributed by atoms with van der Waals surface area (Å²) in [6, 6.07) is 16.5. The molecule has 1 aromatic heterocycles. The van der Waals surface area contributed by atoms with E-state index in [1.165, 1.54) is 6.07 Å². The monoisotopic (exact) mass is 376 g/mol. The molecule has 0 spiro atoms. The SMILES string of the molecule is CCCNC(=O)c1cccc(Cc2cc(Cc3cccc(F)c3)ccn2)c1C. The molecule has 1 amide bonds. The molecule has 0 radical (unpaired) electrons. The van der Waals surface area contributed by atoms with Gasteiger partial charge < -0.3 is 5.32 Å². The molecule has 4 heteroatoms. The molecule has 3 nitrogen and oxygen atoms in total. The van der Waals surface area contributed by atoms with Gasteiger partial charge in [-0.1, -0.05) is 31.2 Å². The summed E-state index contributed by atoms with van der Waals surface area (Å²) in [6.07, 6.45) is 4.01. The van der Waals surface area contributed by atoms with Crippen molar-refractivity contribution in [1.29, 1.82) is 0 Å². The lowest BCUT2D eigenvalue weighted by molar-refractivity contribution is 0.0953. The molecule has 3 rings (SSSR count). The van der Waals surface area contributed by atoms with E-state index < -0.39 is 0 Å². The van der Waals surface area contributed by atoms with Gasteiger partial charge in [-0.05, 0) is 72.4 Å². The molecule has 1 N–H and O–H groups in total. The number of halogens is 1. The zero-order chi connectivity index (χ0) is 19.9. The largest absolute Gasteiger partial charge is 0.352 e. The molecule has 0 saturated carbocycles. The van der Waals surface area contributed by atoms with Crippen LogP contribution in [0.3, 0.4) is 0 Å². The average molecular weight is 376 g/mol. The van der Waals surface area contributed by atoms with Crippen molar-refractivity contribution < 1.29 is 9.18 Å². The highest BCUT2D eigenvalue weighted by molar-refractivity contribution is 5.95. The topological polar surface area (TPSA) is 42.0 Å². The maximum atomic E-state index is 13.4. The van der Waals surface area contributed by atoms with Crippen molar-refractivity contribution in [3.63, 3.8) is 0 Å². The van der Waals surface area contributed by atoms with Crippen LogP contribution in [0.4, 0.5) is 4.39 Å². The van der Waals surface area contributed by atoms with Crippen LogP contribution in [0.1, 0.15) is 51.7 Å². The van der Waals surface area contributed by atoms with Crippen molar-refractivity contribution in [1.82, 2.24) is 10.3 Å². The van der Waals surface area contributed by atoms with Crippen molar-refractivity contribution in [2.24, 2.45) is 0 Å². The highest BCUT2D eigenvalue weighted by Gasteiger charge is 2.12. The van der Waals surface area contributed by atoms with Crippen LogP contribution in [-0.2, 0) is 12.8 Å². The molecule has 28 heavy (non-hydrogen) atoms. The minimum Gasteiger partial charge on any atom is -0.352 e. The van der Waals surface area contributed by atoms with E-state index in [1.54, 1.807) is 18.3 Å². The van der Waals surface area contributed by atoms with Gasteiger partial charge in [-0.3, -0.25) is 9.78 Å². The summed E-state index contributed by atoms with van der Waals surface area (Å²) in [5.41, 5.74) is 5.73. The lowest BCUT2D eigenvalue weighted by atomic mass is 9.97. The molecule has 1 heterocycles. The molecule has 0 aliphatic rings. The molecule has 0 bridgehead atoms. The fourth-order valence-electron chi connectivity index (χ4n) is 3.27. The van der Waals surface area contributed by atoms with Gasteiger partial charge in [-0.2, -0.15) is 0 Å². The van der Waals surface area contributed by atoms with Crippen LogP contribution in [0.2, 0.25) is 0 Å². The Morgan fingerprint density at radius 1 is 1.04 bits per heavy atom. The number of nitrogens with one attached hydrogen (secondary N) is 1. The van der Waals surface area contributed by atoms with E-state index in [2.05, 4.69) is 10.3 Å². The maximum absolute atomic E-state index is 13.4.